The van der Waals surface area contributed by atoms with Crippen molar-refractivity contribution >= 4 is 11.7 Å². The first kappa shape index (κ1) is 12.4. The van der Waals surface area contributed by atoms with Crippen LogP contribution in [0.25, 0.3) is 0 Å². The Morgan fingerprint density at radius 1 is 1.61 bits per heavy atom. The normalized spacial score (nSPS) is 18.5. The van der Waals surface area contributed by atoms with Gasteiger partial charge in [-0.25, -0.2) is 4.98 Å². The van der Waals surface area contributed by atoms with E-state index in [4.69, 9.17) is 5.26 Å². The van der Waals surface area contributed by atoms with Gasteiger partial charge in [0.05, 0.1) is 11.6 Å². The van der Waals surface area contributed by atoms with Gasteiger partial charge in [0.25, 0.3) is 0 Å². The molecule has 5 heteroatoms. The van der Waals surface area contributed by atoms with E-state index >= 15 is 0 Å². The number of likely N-dealkylation sites (N-methyl/N-ethyl adjacent to an activating group) is 1. The molecular formula is C13H16N4O. The summed E-state index contributed by atoms with van der Waals surface area (Å²) in [6.45, 7) is 3.28. The Morgan fingerprint density at radius 3 is 2.94 bits per heavy atom. The summed E-state index contributed by atoms with van der Waals surface area (Å²) in [7, 11) is 1.84. The van der Waals surface area contributed by atoms with E-state index in [0.29, 0.717) is 5.56 Å². The second kappa shape index (κ2) is 5.05. The highest BCUT2D eigenvalue weighted by molar-refractivity contribution is 5.73. The van der Waals surface area contributed by atoms with Gasteiger partial charge in [-0.15, -0.1) is 0 Å². The highest BCUT2D eigenvalue weighted by Crippen LogP contribution is 2.20. The van der Waals surface area contributed by atoms with Crippen LogP contribution < -0.4 is 4.90 Å². The first-order valence-electron chi connectivity index (χ1n) is 5.96. The van der Waals surface area contributed by atoms with Crippen LogP contribution in [-0.2, 0) is 4.79 Å². The standard InChI is InChI=1S/C13H16N4O/c1-10(18)16(2)12-5-6-17(9-12)13-4-3-11(7-14)8-15-13/h3-4,8,12H,5-6,9H2,1-2H3. The number of pyridine rings is 1. The number of hydrogen-bond acceptors (Lipinski definition) is 4. The van der Waals surface area contributed by atoms with Gasteiger partial charge in [0, 0.05) is 33.3 Å². The molecular weight excluding hydrogens is 228 g/mol. The molecule has 1 unspecified atom stereocenters. The molecule has 1 atom stereocenters. The van der Waals surface area contributed by atoms with Crippen LogP contribution in [0, 0.1) is 11.3 Å². The molecule has 0 aromatic carbocycles. The van der Waals surface area contributed by atoms with E-state index in [9.17, 15) is 4.79 Å². The maximum atomic E-state index is 11.3. The molecule has 1 aliphatic rings. The van der Waals surface area contributed by atoms with Crippen LogP contribution in [-0.4, -0.2) is 42.0 Å². The molecule has 1 amide bonds. The van der Waals surface area contributed by atoms with Gasteiger partial charge in [0.15, 0.2) is 0 Å². The van der Waals surface area contributed by atoms with Crippen molar-refractivity contribution in [3.63, 3.8) is 0 Å². The predicted molar refractivity (Wildman–Crippen MR) is 68.0 cm³/mol. The molecule has 18 heavy (non-hydrogen) atoms. The second-order valence-corrected chi connectivity index (χ2v) is 4.54. The van der Waals surface area contributed by atoms with E-state index in [1.807, 2.05) is 13.1 Å². The highest BCUT2D eigenvalue weighted by atomic mass is 16.2. The lowest BCUT2D eigenvalue weighted by Gasteiger charge is -2.23. The number of aromatic nitrogens is 1. The first-order chi connectivity index (χ1) is 8.61. The first-order valence-corrected chi connectivity index (χ1v) is 5.96. The Morgan fingerprint density at radius 2 is 2.39 bits per heavy atom. The molecule has 5 nitrogen and oxygen atoms in total. The van der Waals surface area contributed by atoms with Gasteiger partial charge < -0.3 is 9.80 Å². The van der Waals surface area contributed by atoms with E-state index in [-0.39, 0.29) is 11.9 Å². The summed E-state index contributed by atoms with van der Waals surface area (Å²) in [6.07, 6.45) is 2.54. The third-order valence-corrected chi connectivity index (χ3v) is 3.41. The van der Waals surface area contributed by atoms with E-state index in [0.717, 1.165) is 25.3 Å². The third kappa shape index (κ3) is 2.43. The fourth-order valence-electron chi connectivity index (χ4n) is 2.16. The number of nitriles is 1. The van der Waals surface area contributed by atoms with Crippen LogP contribution in [0.5, 0.6) is 0 Å². The smallest absolute Gasteiger partial charge is 0.219 e. The van der Waals surface area contributed by atoms with Crippen molar-refractivity contribution in [3.8, 4) is 6.07 Å². The summed E-state index contributed by atoms with van der Waals surface area (Å²) in [5.41, 5.74) is 0.565. The van der Waals surface area contributed by atoms with Crippen LogP contribution in [0.2, 0.25) is 0 Å². The number of hydrogen-bond donors (Lipinski definition) is 0. The lowest BCUT2D eigenvalue weighted by Crippen LogP contribution is -2.37. The zero-order valence-corrected chi connectivity index (χ0v) is 10.6. The Kier molecular flexibility index (Phi) is 3.47. The van der Waals surface area contributed by atoms with Gasteiger partial charge in [0.2, 0.25) is 5.91 Å². The van der Waals surface area contributed by atoms with Crippen LogP contribution in [0.4, 0.5) is 5.82 Å². The lowest BCUT2D eigenvalue weighted by molar-refractivity contribution is -0.129. The van der Waals surface area contributed by atoms with Gasteiger partial charge in [-0.2, -0.15) is 5.26 Å². The van der Waals surface area contributed by atoms with Gasteiger partial charge in [-0.05, 0) is 18.6 Å². The SMILES string of the molecule is CC(=O)N(C)C1CCN(c2ccc(C#N)cn2)C1. The van der Waals surface area contributed by atoms with Crippen LogP contribution in [0.3, 0.4) is 0 Å². The van der Waals surface area contributed by atoms with Crippen molar-refractivity contribution in [1.82, 2.24) is 9.88 Å². The molecule has 0 aliphatic carbocycles. The number of nitrogens with zero attached hydrogens (tertiary/aromatic N) is 4. The largest absolute Gasteiger partial charge is 0.354 e. The van der Waals surface area contributed by atoms with E-state index in [1.54, 1.807) is 24.1 Å². The molecule has 2 rings (SSSR count). The Hall–Kier alpha value is -2.09. The van der Waals surface area contributed by atoms with Crippen molar-refractivity contribution in [2.45, 2.75) is 19.4 Å². The van der Waals surface area contributed by atoms with E-state index in [2.05, 4.69) is 16.0 Å². The summed E-state index contributed by atoms with van der Waals surface area (Å²) < 4.78 is 0. The second-order valence-electron chi connectivity index (χ2n) is 4.54. The van der Waals surface area contributed by atoms with Crippen LogP contribution in [0.15, 0.2) is 18.3 Å². The van der Waals surface area contributed by atoms with Crippen molar-refractivity contribution in [1.29, 1.82) is 5.26 Å². The topological polar surface area (TPSA) is 60.2 Å². The maximum absolute atomic E-state index is 11.3. The quantitative estimate of drug-likeness (QED) is 0.779. The Bertz CT molecular complexity index is 477. The third-order valence-electron chi connectivity index (χ3n) is 3.41. The predicted octanol–water partition coefficient (Wildman–Crippen LogP) is 1.01. The van der Waals surface area contributed by atoms with Crippen LogP contribution >= 0.6 is 0 Å². The zero-order chi connectivity index (χ0) is 13.1. The zero-order valence-electron chi connectivity index (χ0n) is 10.6. The molecule has 2 heterocycles. The summed E-state index contributed by atoms with van der Waals surface area (Å²) in [5, 5.41) is 8.72. The average molecular weight is 244 g/mol. The molecule has 0 bridgehead atoms. The van der Waals surface area contributed by atoms with Gasteiger partial charge in [-0.1, -0.05) is 0 Å². The van der Waals surface area contributed by atoms with Crippen LogP contribution in [0.1, 0.15) is 18.9 Å². The van der Waals surface area contributed by atoms with Crippen molar-refractivity contribution in [2.24, 2.45) is 0 Å². The number of carbonyl (C=O) groups excluding carboxylic acids is 1. The highest BCUT2D eigenvalue weighted by Gasteiger charge is 2.27. The number of rotatable bonds is 2. The fourth-order valence-corrected chi connectivity index (χ4v) is 2.16. The molecule has 0 saturated carbocycles. The number of carbonyl (C=O) groups is 1. The van der Waals surface area contributed by atoms with Crippen molar-refractivity contribution < 1.29 is 4.79 Å². The van der Waals surface area contributed by atoms with Gasteiger partial charge in [0.1, 0.15) is 11.9 Å². The lowest BCUT2D eigenvalue weighted by atomic mass is 10.2. The maximum Gasteiger partial charge on any atom is 0.219 e. The Labute approximate surface area is 107 Å². The molecule has 94 valence electrons. The monoisotopic (exact) mass is 244 g/mol. The number of anilines is 1. The fraction of sp³-hybridized carbons (Fsp3) is 0.462. The molecule has 1 aromatic rings. The minimum atomic E-state index is 0.0923. The molecule has 0 N–H and O–H groups in total. The summed E-state index contributed by atoms with van der Waals surface area (Å²) in [4.78, 5) is 19.5. The molecule has 1 aromatic heterocycles. The number of amides is 1. The van der Waals surface area contributed by atoms with Crippen molar-refractivity contribution in [3.05, 3.63) is 23.9 Å². The molecule has 0 spiro atoms. The average Bonchev–Trinajstić information content (AvgIpc) is 2.87. The summed E-state index contributed by atoms with van der Waals surface area (Å²) >= 11 is 0. The minimum Gasteiger partial charge on any atom is -0.354 e. The molecule has 1 aliphatic heterocycles. The summed E-state index contributed by atoms with van der Waals surface area (Å²) in [6, 6.07) is 5.93. The molecule has 0 radical (unpaired) electrons. The van der Waals surface area contributed by atoms with E-state index in [1.165, 1.54) is 0 Å². The van der Waals surface area contributed by atoms with Gasteiger partial charge >= 0.3 is 0 Å². The summed E-state index contributed by atoms with van der Waals surface area (Å²) in [5.74, 6) is 0.961. The Balaban J connectivity index is 2.04. The molecule has 1 fully saturated rings. The van der Waals surface area contributed by atoms with Gasteiger partial charge in [-0.3, -0.25) is 4.79 Å². The minimum absolute atomic E-state index is 0.0923. The van der Waals surface area contributed by atoms with Crippen molar-refractivity contribution in [2.75, 3.05) is 25.0 Å². The van der Waals surface area contributed by atoms with E-state index < -0.39 is 0 Å². The molecule has 1 saturated heterocycles.